The summed E-state index contributed by atoms with van der Waals surface area (Å²) < 4.78 is 11.0. The van der Waals surface area contributed by atoms with Gasteiger partial charge in [0.05, 0.1) is 12.8 Å². The van der Waals surface area contributed by atoms with Gasteiger partial charge in [-0.05, 0) is 30.2 Å². The van der Waals surface area contributed by atoms with Gasteiger partial charge in [-0.1, -0.05) is 30.3 Å². The zero-order valence-electron chi connectivity index (χ0n) is 13.6. The van der Waals surface area contributed by atoms with E-state index in [0.717, 1.165) is 17.7 Å². The van der Waals surface area contributed by atoms with Crippen LogP contribution in [-0.2, 0) is 6.42 Å². The Morgan fingerprint density at radius 1 is 1.16 bits per heavy atom. The van der Waals surface area contributed by atoms with Crippen LogP contribution >= 0.6 is 0 Å². The number of hydrogen-bond acceptors (Lipinski definition) is 4. The van der Waals surface area contributed by atoms with Gasteiger partial charge in [-0.2, -0.15) is 0 Å². The average Bonchev–Trinajstić information content (AvgIpc) is 3.21. The van der Waals surface area contributed by atoms with Crippen LogP contribution in [0, 0.1) is 5.92 Å². The van der Waals surface area contributed by atoms with Crippen LogP contribution in [0.2, 0.25) is 0 Å². The number of para-hydroxylation sites is 1. The first-order chi connectivity index (χ1) is 12.3. The molecule has 0 saturated carbocycles. The van der Waals surface area contributed by atoms with Crippen LogP contribution in [0.15, 0.2) is 65.5 Å². The predicted molar refractivity (Wildman–Crippen MR) is 93.4 cm³/mol. The van der Waals surface area contributed by atoms with Gasteiger partial charge >= 0.3 is 0 Å². The van der Waals surface area contributed by atoms with Gasteiger partial charge in [-0.25, -0.2) is 4.98 Å². The third-order valence-electron chi connectivity index (χ3n) is 4.37. The summed E-state index contributed by atoms with van der Waals surface area (Å²) in [4.78, 5) is 16.2. The number of benzene rings is 2. The monoisotopic (exact) mass is 334 g/mol. The quantitative estimate of drug-likeness (QED) is 0.795. The smallest absolute Gasteiger partial charge is 0.251 e. The van der Waals surface area contributed by atoms with Gasteiger partial charge in [0, 0.05) is 23.6 Å². The number of hydrogen-bond donors (Lipinski definition) is 1. The van der Waals surface area contributed by atoms with Gasteiger partial charge in [-0.15, -0.1) is 0 Å². The normalized spacial score (nSPS) is 15.9. The predicted octanol–water partition coefficient (Wildman–Crippen LogP) is 3.32. The van der Waals surface area contributed by atoms with Crippen molar-refractivity contribution in [3.05, 3.63) is 72.2 Å². The van der Waals surface area contributed by atoms with Crippen LogP contribution in [0.3, 0.4) is 0 Å². The fraction of sp³-hybridized carbons (Fsp3) is 0.200. The number of carbonyl (C=O) groups is 1. The van der Waals surface area contributed by atoms with E-state index in [-0.39, 0.29) is 11.8 Å². The fourth-order valence-corrected chi connectivity index (χ4v) is 3.01. The number of nitrogens with zero attached hydrogens (tertiary/aromatic N) is 1. The minimum atomic E-state index is -0.0806. The second-order valence-electron chi connectivity index (χ2n) is 6.14. The molecule has 3 aromatic rings. The Morgan fingerprint density at radius 3 is 2.80 bits per heavy atom. The van der Waals surface area contributed by atoms with E-state index in [4.69, 9.17) is 9.15 Å². The summed E-state index contributed by atoms with van der Waals surface area (Å²) in [5.74, 6) is 1.84. The highest BCUT2D eigenvalue weighted by Crippen LogP contribution is 2.26. The second-order valence-corrected chi connectivity index (χ2v) is 6.14. The van der Waals surface area contributed by atoms with Crippen molar-refractivity contribution in [2.45, 2.75) is 6.42 Å². The largest absolute Gasteiger partial charge is 0.493 e. The molecule has 25 heavy (non-hydrogen) atoms. The van der Waals surface area contributed by atoms with E-state index in [9.17, 15) is 4.79 Å². The van der Waals surface area contributed by atoms with E-state index < -0.39 is 0 Å². The molecule has 0 unspecified atom stereocenters. The maximum Gasteiger partial charge on any atom is 0.251 e. The van der Waals surface area contributed by atoms with E-state index in [2.05, 4.69) is 16.4 Å². The highest BCUT2D eigenvalue weighted by Gasteiger charge is 2.20. The maximum atomic E-state index is 12.3. The zero-order valence-corrected chi connectivity index (χ0v) is 13.6. The molecule has 0 bridgehead atoms. The first-order valence-corrected chi connectivity index (χ1v) is 8.27. The molecule has 5 nitrogen and oxygen atoms in total. The van der Waals surface area contributed by atoms with Gasteiger partial charge in [-0.3, -0.25) is 4.79 Å². The number of amides is 1. The number of aromatic nitrogens is 1. The van der Waals surface area contributed by atoms with Crippen LogP contribution in [0.25, 0.3) is 11.3 Å². The Labute approximate surface area is 145 Å². The molecule has 1 N–H and O–H groups in total. The molecule has 126 valence electrons. The van der Waals surface area contributed by atoms with Crippen LogP contribution in [0.4, 0.5) is 0 Å². The summed E-state index contributed by atoms with van der Waals surface area (Å²) in [7, 11) is 0. The number of rotatable bonds is 4. The van der Waals surface area contributed by atoms with Crippen molar-refractivity contribution < 1.29 is 13.9 Å². The van der Waals surface area contributed by atoms with Crippen LogP contribution < -0.4 is 10.1 Å². The highest BCUT2D eigenvalue weighted by molar-refractivity contribution is 5.94. The van der Waals surface area contributed by atoms with Crippen molar-refractivity contribution >= 4 is 5.91 Å². The topological polar surface area (TPSA) is 64.4 Å². The Bertz CT molecular complexity index is 857. The summed E-state index contributed by atoms with van der Waals surface area (Å²) in [6, 6.07) is 15.3. The van der Waals surface area contributed by atoms with Crippen LogP contribution in [0.1, 0.15) is 15.9 Å². The first kappa shape index (κ1) is 15.4. The van der Waals surface area contributed by atoms with Crippen molar-refractivity contribution in [1.82, 2.24) is 10.3 Å². The fourth-order valence-electron chi connectivity index (χ4n) is 3.01. The van der Waals surface area contributed by atoms with E-state index in [1.165, 1.54) is 12.0 Å². The lowest BCUT2D eigenvalue weighted by Gasteiger charge is -2.25. The van der Waals surface area contributed by atoms with E-state index in [0.29, 0.717) is 24.5 Å². The first-order valence-electron chi connectivity index (χ1n) is 8.27. The average molecular weight is 334 g/mol. The summed E-state index contributed by atoms with van der Waals surface area (Å²) in [6.45, 7) is 1.22. The molecule has 4 rings (SSSR count). The van der Waals surface area contributed by atoms with Crippen LogP contribution in [-0.4, -0.2) is 24.0 Å². The summed E-state index contributed by atoms with van der Waals surface area (Å²) in [6.07, 6.45) is 3.96. The molecule has 0 radical (unpaired) electrons. The SMILES string of the molecule is O=C(NC[C@@H]1COc2ccccc2C1)c1ccc(-c2cnco2)cc1. The summed E-state index contributed by atoms with van der Waals surface area (Å²) >= 11 is 0. The van der Waals surface area contributed by atoms with Gasteiger partial charge in [0.15, 0.2) is 12.2 Å². The van der Waals surface area contributed by atoms with E-state index >= 15 is 0 Å². The minimum absolute atomic E-state index is 0.0806. The van der Waals surface area contributed by atoms with Crippen LogP contribution in [0.5, 0.6) is 5.75 Å². The van der Waals surface area contributed by atoms with Crippen molar-refractivity contribution in [3.63, 3.8) is 0 Å². The molecule has 1 amide bonds. The lowest BCUT2D eigenvalue weighted by Crippen LogP contribution is -2.34. The Hall–Kier alpha value is -3.08. The Balaban J connectivity index is 1.35. The molecule has 0 spiro atoms. The van der Waals surface area contributed by atoms with Crippen molar-refractivity contribution in [1.29, 1.82) is 0 Å². The Kier molecular flexibility index (Phi) is 4.21. The molecule has 2 aromatic carbocycles. The van der Waals surface area contributed by atoms with E-state index in [1.807, 2.05) is 30.3 Å². The second kappa shape index (κ2) is 6.81. The van der Waals surface area contributed by atoms with Crippen molar-refractivity contribution in [2.24, 2.45) is 5.92 Å². The van der Waals surface area contributed by atoms with Gasteiger partial charge < -0.3 is 14.5 Å². The third-order valence-corrected chi connectivity index (χ3v) is 4.37. The number of oxazole rings is 1. The molecule has 1 atom stereocenters. The minimum Gasteiger partial charge on any atom is -0.493 e. The number of ether oxygens (including phenoxy) is 1. The molecule has 1 aliphatic heterocycles. The van der Waals surface area contributed by atoms with Gasteiger partial charge in [0.25, 0.3) is 5.91 Å². The molecule has 1 aromatic heterocycles. The van der Waals surface area contributed by atoms with Crippen molar-refractivity contribution in [3.8, 4) is 17.1 Å². The summed E-state index contributed by atoms with van der Waals surface area (Å²) in [5, 5.41) is 3.00. The maximum absolute atomic E-state index is 12.3. The lowest BCUT2D eigenvalue weighted by atomic mass is 9.96. The molecular weight excluding hydrogens is 316 g/mol. The molecular formula is C20H18N2O3. The zero-order chi connectivity index (χ0) is 17.1. The molecule has 5 heteroatoms. The summed E-state index contributed by atoms with van der Waals surface area (Å²) in [5.41, 5.74) is 2.72. The molecule has 0 fully saturated rings. The standard InChI is InChI=1S/C20H18N2O3/c23-20(16-7-5-15(6-8-16)19-11-21-13-25-19)22-10-14-9-17-3-1-2-4-18(17)24-12-14/h1-8,11,13-14H,9-10,12H2,(H,22,23)/t14-/m1/s1. The number of carbonyl (C=O) groups excluding carboxylic acids is 1. The molecule has 2 heterocycles. The number of nitrogens with one attached hydrogen (secondary N) is 1. The van der Waals surface area contributed by atoms with E-state index in [1.54, 1.807) is 18.3 Å². The van der Waals surface area contributed by atoms with Crippen molar-refractivity contribution in [2.75, 3.05) is 13.2 Å². The Morgan fingerprint density at radius 2 is 2.00 bits per heavy atom. The third kappa shape index (κ3) is 3.40. The molecule has 0 aliphatic carbocycles. The number of fused-ring (bicyclic) bond motifs is 1. The van der Waals surface area contributed by atoms with Gasteiger partial charge in [0.1, 0.15) is 5.75 Å². The highest BCUT2D eigenvalue weighted by atomic mass is 16.5. The molecule has 1 aliphatic rings. The lowest BCUT2D eigenvalue weighted by molar-refractivity contribution is 0.0939. The molecule has 0 saturated heterocycles. The van der Waals surface area contributed by atoms with Gasteiger partial charge in [0.2, 0.25) is 0 Å².